The Bertz CT molecular complexity index is 344. The van der Waals surface area contributed by atoms with E-state index in [1.807, 2.05) is 0 Å². The Morgan fingerprint density at radius 1 is 0.310 bits per heavy atom. The molecule has 0 unspecified atom stereocenters. The highest BCUT2D eigenvalue weighted by Crippen LogP contribution is 2.26. The van der Waals surface area contributed by atoms with Gasteiger partial charge in [-0.1, -0.05) is 83.1 Å². The maximum Gasteiger partial charge on any atom is 0.0637 e. The molecule has 4 heteroatoms. The zero-order valence-corrected chi connectivity index (χ0v) is 21.8. The highest BCUT2D eigenvalue weighted by molar-refractivity contribution is 4.81. The van der Waals surface area contributed by atoms with Crippen molar-refractivity contribution in [1.82, 2.24) is 0 Å². The maximum atomic E-state index is 6.17. The molecule has 0 spiro atoms. The van der Waals surface area contributed by atoms with E-state index in [0.29, 0.717) is 52.9 Å². The monoisotopic (exact) mass is 416 g/mol. The summed E-state index contributed by atoms with van der Waals surface area (Å²) in [6.07, 6.45) is 0. The summed E-state index contributed by atoms with van der Waals surface area (Å²) in [5, 5.41) is 0. The predicted molar refractivity (Wildman–Crippen MR) is 124 cm³/mol. The van der Waals surface area contributed by atoms with Crippen molar-refractivity contribution in [2.75, 3.05) is 52.9 Å². The van der Waals surface area contributed by atoms with Crippen LogP contribution in [-0.2, 0) is 18.9 Å². The minimum Gasteiger partial charge on any atom is -0.380 e. The summed E-state index contributed by atoms with van der Waals surface area (Å²) in [5.41, 5.74) is 0.174. The van der Waals surface area contributed by atoms with Crippen molar-refractivity contribution < 1.29 is 18.9 Å². The number of hydrogen-bond acceptors (Lipinski definition) is 4. The summed E-state index contributed by atoms with van der Waals surface area (Å²) >= 11 is 0. The van der Waals surface area contributed by atoms with E-state index in [9.17, 15) is 0 Å². The van der Waals surface area contributed by atoms with Crippen molar-refractivity contribution in [2.24, 2.45) is 27.1 Å². The molecule has 0 atom stereocenters. The van der Waals surface area contributed by atoms with Crippen molar-refractivity contribution in [3.8, 4) is 0 Å². The molecule has 0 aliphatic rings. The van der Waals surface area contributed by atoms with Gasteiger partial charge in [-0.05, 0) is 21.7 Å². The van der Waals surface area contributed by atoms with E-state index >= 15 is 0 Å². The van der Waals surface area contributed by atoms with Crippen LogP contribution in [0.2, 0.25) is 0 Å². The van der Waals surface area contributed by atoms with Crippen molar-refractivity contribution in [3.05, 3.63) is 0 Å². The topological polar surface area (TPSA) is 36.9 Å². The summed E-state index contributed by atoms with van der Waals surface area (Å²) in [5.74, 6) is 0. The molecule has 0 N–H and O–H groups in total. The first-order valence-corrected chi connectivity index (χ1v) is 11.1. The van der Waals surface area contributed by atoms with Crippen LogP contribution in [0.5, 0.6) is 0 Å². The van der Waals surface area contributed by atoms with Gasteiger partial charge < -0.3 is 18.9 Å². The summed E-state index contributed by atoms with van der Waals surface area (Å²) in [6, 6.07) is 0. The number of rotatable bonds is 12. The largest absolute Gasteiger partial charge is 0.380 e. The van der Waals surface area contributed by atoms with E-state index in [1.165, 1.54) is 0 Å². The highest BCUT2D eigenvalue weighted by Gasteiger charge is 2.34. The molecule has 0 aliphatic heterocycles. The van der Waals surface area contributed by atoms with Gasteiger partial charge in [-0.15, -0.1) is 0 Å². The second kappa shape index (κ2) is 11.5. The molecule has 0 rings (SSSR count). The summed E-state index contributed by atoms with van der Waals surface area (Å²) in [4.78, 5) is 0. The fourth-order valence-electron chi connectivity index (χ4n) is 2.54. The van der Waals surface area contributed by atoms with Crippen molar-refractivity contribution in [3.63, 3.8) is 0 Å². The Morgan fingerprint density at radius 2 is 0.483 bits per heavy atom. The molecule has 0 aliphatic carbocycles. The Hall–Kier alpha value is -0.160. The van der Waals surface area contributed by atoms with Gasteiger partial charge in [-0.3, -0.25) is 0 Å². The second-order valence-corrected chi connectivity index (χ2v) is 13.7. The average Bonchev–Trinajstić information content (AvgIpc) is 2.41. The van der Waals surface area contributed by atoms with Crippen LogP contribution in [-0.4, -0.2) is 52.9 Å². The molecule has 0 heterocycles. The third kappa shape index (κ3) is 18.3. The van der Waals surface area contributed by atoms with Crippen LogP contribution in [0.25, 0.3) is 0 Å². The smallest absolute Gasteiger partial charge is 0.0637 e. The molecule has 0 bridgehead atoms. The number of hydrogen-bond donors (Lipinski definition) is 0. The van der Waals surface area contributed by atoms with Crippen molar-refractivity contribution in [2.45, 2.75) is 83.1 Å². The zero-order chi connectivity index (χ0) is 23.0. The van der Waals surface area contributed by atoms with Crippen LogP contribution >= 0.6 is 0 Å². The third-order valence-corrected chi connectivity index (χ3v) is 3.77. The van der Waals surface area contributed by atoms with E-state index < -0.39 is 0 Å². The van der Waals surface area contributed by atoms with Crippen LogP contribution < -0.4 is 0 Å². The molecule has 0 fully saturated rings. The van der Waals surface area contributed by atoms with E-state index in [4.69, 9.17) is 18.9 Å². The third-order valence-electron chi connectivity index (χ3n) is 3.77. The van der Waals surface area contributed by atoms with Crippen LogP contribution in [0.15, 0.2) is 0 Å². The van der Waals surface area contributed by atoms with Gasteiger partial charge in [0, 0.05) is 0 Å². The lowest BCUT2D eigenvalue weighted by molar-refractivity contribution is -0.129. The summed E-state index contributed by atoms with van der Waals surface area (Å²) in [7, 11) is 0. The highest BCUT2D eigenvalue weighted by atomic mass is 16.5. The molecule has 0 aromatic carbocycles. The van der Waals surface area contributed by atoms with Gasteiger partial charge in [-0.25, -0.2) is 0 Å². The van der Waals surface area contributed by atoms with Gasteiger partial charge >= 0.3 is 0 Å². The van der Waals surface area contributed by atoms with Crippen LogP contribution in [0.3, 0.4) is 0 Å². The molecule has 29 heavy (non-hydrogen) atoms. The fourth-order valence-corrected chi connectivity index (χ4v) is 2.54. The molecule has 0 aromatic heterocycles. The van der Waals surface area contributed by atoms with E-state index in [0.717, 1.165) is 0 Å². The minimum atomic E-state index is -0.312. The summed E-state index contributed by atoms with van der Waals surface area (Å²) < 4.78 is 24.7. The minimum absolute atomic E-state index is 0.122. The molecule has 176 valence electrons. The fraction of sp³-hybridized carbons (Fsp3) is 1.00. The Kier molecular flexibility index (Phi) is 11.4. The molecule has 0 amide bonds. The molecule has 0 saturated heterocycles. The van der Waals surface area contributed by atoms with Crippen LogP contribution in [0.4, 0.5) is 0 Å². The lowest BCUT2D eigenvalue weighted by atomic mass is 9.90. The van der Waals surface area contributed by atoms with Crippen LogP contribution in [0, 0.1) is 27.1 Å². The SMILES string of the molecule is CC(C)(C)COCC(COCC(C)(C)C)(COCC(C)(C)C)COCC(C)(C)C. The first kappa shape index (κ1) is 28.8. The number of ether oxygens (including phenoxy) is 4. The lowest BCUT2D eigenvalue weighted by Crippen LogP contribution is -2.44. The Morgan fingerprint density at radius 3 is 0.621 bits per heavy atom. The summed E-state index contributed by atoms with van der Waals surface area (Å²) in [6.45, 7) is 31.4. The maximum absolute atomic E-state index is 6.17. The normalized spacial score (nSPS) is 14.5. The van der Waals surface area contributed by atoms with Crippen molar-refractivity contribution in [1.29, 1.82) is 0 Å². The van der Waals surface area contributed by atoms with Gasteiger partial charge in [0.05, 0.1) is 58.3 Å². The standard InChI is InChI=1S/C25H52O4/c1-21(2,3)13-26-17-25(18-27-14-22(4,5)6,19-28-15-23(7,8)9)20-29-16-24(10,11)12/h13-20H2,1-12H3. The molecule has 0 aromatic rings. The molecular formula is C25H52O4. The van der Waals surface area contributed by atoms with Gasteiger partial charge in [0.2, 0.25) is 0 Å². The Balaban J connectivity index is 5.26. The van der Waals surface area contributed by atoms with Crippen LogP contribution in [0.1, 0.15) is 83.1 Å². The van der Waals surface area contributed by atoms with Crippen molar-refractivity contribution >= 4 is 0 Å². The van der Waals surface area contributed by atoms with Gasteiger partial charge in [0.25, 0.3) is 0 Å². The van der Waals surface area contributed by atoms with Gasteiger partial charge in [-0.2, -0.15) is 0 Å². The quantitative estimate of drug-likeness (QED) is 0.378. The van der Waals surface area contributed by atoms with E-state index in [1.54, 1.807) is 0 Å². The molecule has 0 saturated carbocycles. The van der Waals surface area contributed by atoms with E-state index in [2.05, 4.69) is 83.1 Å². The van der Waals surface area contributed by atoms with E-state index in [-0.39, 0.29) is 27.1 Å². The van der Waals surface area contributed by atoms with Gasteiger partial charge in [0.15, 0.2) is 0 Å². The first-order chi connectivity index (χ1) is 12.8. The Labute approximate surface area is 182 Å². The average molecular weight is 417 g/mol. The first-order valence-electron chi connectivity index (χ1n) is 11.1. The molecular weight excluding hydrogens is 364 g/mol. The lowest BCUT2D eigenvalue weighted by Gasteiger charge is -2.36. The molecule has 0 radical (unpaired) electrons. The van der Waals surface area contributed by atoms with Gasteiger partial charge in [0.1, 0.15) is 0 Å². The second-order valence-electron chi connectivity index (χ2n) is 13.7. The molecule has 4 nitrogen and oxygen atoms in total. The predicted octanol–water partition coefficient (Wildman–Crippen LogP) is 6.22. The zero-order valence-electron chi connectivity index (χ0n) is 21.8.